The second kappa shape index (κ2) is 7.10. The van der Waals surface area contributed by atoms with Crippen molar-refractivity contribution in [3.05, 3.63) is 87.1 Å². The minimum absolute atomic E-state index is 0.0565. The lowest BCUT2D eigenvalue weighted by atomic mass is 9.89. The first-order chi connectivity index (χ1) is 12.9. The third-order valence-corrected chi connectivity index (χ3v) is 5.29. The maximum Gasteiger partial charge on any atom is 0.159 e. The summed E-state index contributed by atoms with van der Waals surface area (Å²) in [6.45, 7) is 2.69. The summed E-state index contributed by atoms with van der Waals surface area (Å²) in [7, 11) is 0. The van der Waals surface area contributed by atoms with Crippen molar-refractivity contribution in [1.29, 1.82) is 0 Å². The summed E-state index contributed by atoms with van der Waals surface area (Å²) in [6, 6.07) is 9.30. The summed E-state index contributed by atoms with van der Waals surface area (Å²) in [4.78, 5) is 6.80. The molecular weight excluding hydrogens is 389 g/mol. The molecule has 0 saturated heterocycles. The number of rotatable bonds is 2. The highest BCUT2D eigenvalue weighted by molar-refractivity contribution is 6.35. The van der Waals surface area contributed by atoms with E-state index in [0.29, 0.717) is 28.6 Å². The average molecular weight is 405 g/mol. The molecule has 6 heteroatoms. The zero-order chi connectivity index (χ0) is 19.1. The summed E-state index contributed by atoms with van der Waals surface area (Å²) in [5.41, 5.74) is 4.65. The van der Waals surface area contributed by atoms with Crippen molar-refractivity contribution in [2.75, 3.05) is 11.4 Å². The van der Waals surface area contributed by atoms with Gasteiger partial charge in [0.25, 0.3) is 0 Å². The van der Waals surface area contributed by atoms with E-state index >= 15 is 0 Å². The third-order valence-electron chi connectivity index (χ3n) is 4.85. The quantitative estimate of drug-likeness (QED) is 0.582. The Morgan fingerprint density at radius 2 is 1.78 bits per heavy atom. The summed E-state index contributed by atoms with van der Waals surface area (Å²) < 4.78 is 26.8. The smallest absolute Gasteiger partial charge is 0.159 e. The predicted octanol–water partition coefficient (Wildman–Crippen LogP) is 6.18. The lowest BCUT2D eigenvalue weighted by Crippen LogP contribution is -2.30. The van der Waals surface area contributed by atoms with E-state index < -0.39 is 11.6 Å². The van der Waals surface area contributed by atoms with Gasteiger partial charge in [-0.15, -0.1) is 0 Å². The van der Waals surface area contributed by atoms with E-state index in [4.69, 9.17) is 28.2 Å². The highest BCUT2D eigenvalue weighted by Crippen LogP contribution is 2.33. The van der Waals surface area contributed by atoms with Gasteiger partial charge in [0.05, 0.1) is 6.04 Å². The molecule has 4 rings (SSSR count). The number of hydrogen-bond donors (Lipinski definition) is 0. The molecule has 0 saturated carbocycles. The minimum atomic E-state index is -0.856. The molecule has 2 aliphatic rings. The monoisotopic (exact) mass is 404 g/mol. The molecule has 2 aliphatic heterocycles. The lowest BCUT2D eigenvalue weighted by Gasteiger charge is -2.32. The van der Waals surface area contributed by atoms with Crippen LogP contribution in [0.2, 0.25) is 10.0 Å². The van der Waals surface area contributed by atoms with Crippen LogP contribution in [0.1, 0.15) is 18.9 Å². The van der Waals surface area contributed by atoms with E-state index in [1.165, 1.54) is 11.6 Å². The summed E-state index contributed by atoms with van der Waals surface area (Å²) in [6.07, 6.45) is 4.62. The molecule has 0 fully saturated rings. The van der Waals surface area contributed by atoms with Crippen molar-refractivity contribution < 1.29 is 8.78 Å². The van der Waals surface area contributed by atoms with Crippen molar-refractivity contribution in [2.24, 2.45) is 4.99 Å². The SMILES string of the molecule is CC1N=C(c2ccc(F)c(F)c2)CC2=C1CN(c1cc(Cl)cc(Cl)c1)C=C2. The van der Waals surface area contributed by atoms with Crippen LogP contribution in [-0.2, 0) is 0 Å². The highest BCUT2D eigenvalue weighted by Gasteiger charge is 2.25. The third kappa shape index (κ3) is 3.64. The zero-order valence-electron chi connectivity index (χ0n) is 14.5. The molecule has 0 spiro atoms. The van der Waals surface area contributed by atoms with E-state index in [9.17, 15) is 8.78 Å². The van der Waals surface area contributed by atoms with Crippen LogP contribution in [0.3, 0.4) is 0 Å². The first-order valence-corrected chi connectivity index (χ1v) is 9.31. The van der Waals surface area contributed by atoms with Gasteiger partial charge < -0.3 is 4.90 Å². The fourth-order valence-electron chi connectivity index (χ4n) is 3.47. The second-order valence-corrected chi connectivity index (χ2v) is 7.55. The number of aliphatic imine (C=N–C) groups is 1. The molecule has 2 aromatic rings. The maximum absolute atomic E-state index is 13.6. The van der Waals surface area contributed by atoms with Gasteiger partial charge in [-0.25, -0.2) is 8.78 Å². The molecule has 2 aromatic carbocycles. The van der Waals surface area contributed by atoms with Gasteiger partial charge in [-0.1, -0.05) is 29.3 Å². The van der Waals surface area contributed by atoms with Crippen molar-refractivity contribution in [1.82, 2.24) is 0 Å². The van der Waals surface area contributed by atoms with E-state index in [2.05, 4.69) is 4.90 Å². The normalized spacial score (nSPS) is 19.2. The van der Waals surface area contributed by atoms with Crippen molar-refractivity contribution in [3.8, 4) is 0 Å². The molecule has 2 nitrogen and oxygen atoms in total. The summed E-state index contributed by atoms with van der Waals surface area (Å²) in [5.74, 6) is -1.71. The number of dihydropyridines is 1. The number of hydrogen-bond acceptors (Lipinski definition) is 2. The van der Waals surface area contributed by atoms with Crippen molar-refractivity contribution in [3.63, 3.8) is 0 Å². The fourth-order valence-corrected chi connectivity index (χ4v) is 3.98. The number of allylic oxidation sites excluding steroid dienone is 2. The van der Waals surface area contributed by atoms with Crippen LogP contribution in [0, 0.1) is 11.6 Å². The van der Waals surface area contributed by atoms with Gasteiger partial charge in [0.2, 0.25) is 0 Å². The molecule has 1 atom stereocenters. The van der Waals surface area contributed by atoms with Gasteiger partial charge in [0, 0.05) is 40.6 Å². The number of nitrogens with zero attached hydrogens (tertiary/aromatic N) is 2. The topological polar surface area (TPSA) is 15.6 Å². The molecule has 0 aromatic heterocycles. The Hall–Kier alpha value is -2.17. The minimum Gasteiger partial charge on any atom is -0.344 e. The Morgan fingerprint density at radius 3 is 2.48 bits per heavy atom. The highest BCUT2D eigenvalue weighted by atomic mass is 35.5. The Balaban J connectivity index is 1.59. The first kappa shape index (κ1) is 18.2. The van der Waals surface area contributed by atoms with Gasteiger partial charge >= 0.3 is 0 Å². The van der Waals surface area contributed by atoms with Crippen LogP contribution >= 0.6 is 23.2 Å². The zero-order valence-corrected chi connectivity index (χ0v) is 16.0. The standard InChI is InChI=1S/C21H16Cl2F2N2/c1-12-18-11-27(17-9-15(22)8-16(23)10-17)5-4-13(18)7-21(26-12)14-2-3-19(24)20(25)6-14/h2-6,8-10,12H,7,11H2,1H3. The molecule has 27 heavy (non-hydrogen) atoms. The second-order valence-electron chi connectivity index (χ2n) is 6.68. The van der Waals surface area contributed by atoms with Gasteiger partial charge in [-0.3, -0.25) is 4.99 Å². The Labute approximate surface area is 166 Å². The Bertz CT molecular complexity index is 991. The molecular formula is C21H16Cl2F2N2. The van der Waals surface area contributed by atoms with E-state index in [1.807, 2.05) is 31.3 Å². The Morgan fingerprint density at radius 1 is 1.04 bits per heavy atom. The molecule has 0 amide bonds. The first-order valence-electron chi connectivity index (χ1n) is 8.55. The van der Waals surface area contributed by atoms with Gasteiger partial charge in [-0.05, 0) is 60.0 Å². The van der Waals surface area contributed by atoms with E-state index in [-0.39, 0.29) is 6.04 Å². The van der Waals surface area contributed by atoms with Crippen LogP contribution in [0.25, 0.3) is 0 Å². The lowest BCUT2D eigenvalue weighted by molar-refractivity contribution is 0.508. The fraction of sp³-hybridized carbons (Fsp3) is 0.190. The molecule has 0 aliphatic carbocycles. The largest absolute Gasteiger partial charge is 0.344 e. The molecule has 2 heterocycles. The maximum atomic E-state index is 13.6. The van der Waals surface area contributed by atoms with Crippen molar-refractivity contribution in [2.45, 2.75) is 19.4 Å². The molecule has 1 unspecified atom stereocenters. The number of halogens is 4. The van der Waals surface area contributed by atoms with Gasteiger partial charge in [0.15, 0.2) is 11.6 Å². The van der Waals surface area contributed by atoms with Gasteiger partial charge in [0.1, 0.15) is 0 Å². The van der Waals surface area contributed by atoms with E-state index in [0.717, 1.165) is 23.0 Å². The van der Waals surface area contributed by atoms with E-state index in [1.54, 1.807) is 12.1 Å². The van der Waals surface area contributed by atoms with Crippen LogP contribution in [-0.4, -0.2) is 18.3 Å². The van der Waals surface area contributed by atoms with Crippen LogP contribution in [0.4, 0.5) is 14.5 Å². The predicted molar refractivity (Wildman–Crippen MR) is 107 cm³/mol. The van der Waals surface area contributed by atoms with Crippen LogP contribution < -0.4 is 4.90 Å². The molecule has 0 radical (unpaired) electrons. The van der Waals surface area contributed by atoms with Gasteiger partial charge in [-0.2, -0.15) is 0 Å². The van der Waals surface area contributed by atoms with Crippen molar-refractivity contribution >= 4 is 34.6 Å². The average Bonchev–Trinajstić information content (AvgIpc) is 2.63. The molecule has 0 bridgehead atoms. The molecule has 138 valence electrons. The number of anilines is 1. The number of benzene rings is 2. The van der Waals surface area contributed by atoms with Crippen LogP contribution in [0.15, 0.2) is 64.8 Å². The molecule has 0 N–H and O–H groups in total. The summed E-state index contributed by atoms with van der Waals surface area (Å²) in [5, 5.41) is 1.17. The Kier molecular flexibility index (Phi) is 4.79. The summed E-state index contributed by atoms with van der Waals surface area (Å²) >= 11 is 12.2. The van der Waals surface area contributed by atoms with Crippen LogP contribution in [0.5, 0.6) is 0 Å².